The second-order valence-electron chi connectivity index (χ2n) is 4.46. The Hall–Kier alpha value is -1.76. The Morgan fingerprint density at radius 1 is 1.56 bits per heavy atom. The molecule has 18 heavy (non-hydrogen) atoms. The summed E-state index contributed by atoms with van der Waals surface area (Å²) in [5.74, 6) is -0.575. The second kappa shape index (κ2) is 3.88. The van der Waals surface area contributed by atoms with E-state index in [-0.39, 0.29) is 17.5 Å². The molecule has 0 spiro atoms. The van der Waals surface area contributed by atoms with E-state index in [4.69, 9.17) is 5.11 Å². The minimum absolute atomic E-state index is 0.215. The van der Waals surface area contributed by atoms with Gasteiger partial charge in [-0.05, 0) is 19.8 Å². The Bertz CT molecular complexity index is 699. The fraction of sp³-hybridized carbons (Fsp3) is 0.455. The van der Waals surface area contributed by atoms with Crippen molar-refractivity contribution in [1.82, 2.24) is 14.6 Å². The Morgan fingerprint density at radius 3 is 2.89 bits per heavy atom. The van der Waals surface area contributed by atoms with Crippen LogP contribution in [0.15, 0.2) is 4.79 Å². The molecule has 1 saturated carbocycles. The average Bonchev–Trinajstić information content (AvgIpc) is 3.06. The van der Waals surface area contributed by atoms with Gasteiger partial charge in [-0.3, -0.25) is 9.59 Å². The molecule has 0 bridgehead atoms. The van der Waals surface area contributed by atoms with Crippen LogP contribution in [-0.4, -0.2) is 25.7 Å². The Balaban J connectivity index is 2.19. The van der Waals surface area contributed by atoms with E-state index in [1.807, 2.05) is 0 Å². The summed E-state index contributed by atoms with van der Waals surface area (Å²) >= 11 is 1.42. The van der Waals surface area contributed by atoms with Gasteiger partial charge in [0.2, 0.25) is 4.96 Å². The molecule has 0 aromatic carbocycles. The highest BCUT2D eigenvalue weighted by molar-refractivity contribution is 7.16. The van der Waals surface area contributed by atoms with Crippen molar-refractivity contribution in [1.29, 1.82) is 0 Å². The quantitative estimate of drug-likeness (QED) is 0.893. The molecule has 94 valence electrons. The SMILES string of the molecule is Cc1nc2sc(C3CC3)nn2c(=O)c1CC(=O)O. The van der Waals surface area contributed by atoms with Gasteiger partial charge in [0.15, 0.2) is 0 Å². The van der Waals surface area contributed by atoms with E-state index < -0.39 is 5.97 Å². The molecule has 0 amide bonds. The van der Waals surface area contributed by atoms with Gasteiger partial charge < -0.3 is 5.11 Å². The van der Waals surface area contributed by atoms with Gasteiger partial charge in [-0.2, -0.15) is 9.61 Å². The largest absolute Gasteiger partial charge is 0.481 e. The predicted octanol–water partition coefficient (Wildman–Crippen LogP) is 0.964. The lowest BCUT2D eigenvalue weighted by Crippen LogP contribution is -2.23. The first-order valence-corrected chi connectivity index (χ1v) is 6.49. The molecule has 1 N–H and O–H groups in total. The predicted molar refractivity (Wildman–Crippen MR) is 65.2 cm³/mol. The molecule has 1 fully saturated rings. The molecule has 1 aliphatic rings. The number of rotatable bonds is 3. The highest BCUT2D eigenvalue weighted by Gasteiger charge is 2.28. The molecule has 7 heteroatoms. The van der Waals surface area contributed by atoms with Crippen molar-refractivity contribution < 1.29 is 9.90 Å². The van der Waals surface area contributed by atoms with Crippen LogP contribution in [0.3, 0.4) is 0 Å². The lowest BCUT2D eigenvalue weighted by molar-refractivity contribution is -0.136. The molecule has 2 heterocycles. The number of carboxylic acids is 1. The summed E-state index contributed by atoms with van der Waals surface area (Å²) in [6, 6.07) is 0. The molecule has 0 saturated heterocycles. The van der Waals surface area contributed by atoms with E-state index in [0.29, 0.717) is 16.6 Å². The first kappa shape index (κ1) is 11.3. The molecular weight excluding hydrogens is 254 g/mol. The van der Waals surface area contributed by atoms with Crippen LogP contribution in [0.25, 0.3) is 4.96 Å². The zero-order chi connectivity index (χ0) is 12.9. The maximum Gasteiger partial charge on any atom is 0.308 e. The van der Waals surface area contributed by atoms with E-state index in [2.05, 4.69) is 10.1 Å². The minimum Gasteiger partial charge on any atom is -0.481 e. The maximum atomic E-state index is 12.1. The fourth-order valence-electron chi connectivity index (χ4n) is 1.84. The molecule has 0 radical (unpaired) electrons. The van der Waals surface area contributed by atoms with Gasteiger partial charge in [0.25, 0.3) is 5.56 Å². The van der Waals surface area contributed by atoms with Crippen molar-refractivity contribution in [2.45, 2.75) is 32.1 Å². The number of aromatic nitrogens is 3. The van der Waals surface area contributed by atoms with E-state index in [0.717, 1.165) is 17.8 Å². The molecule has 3 rings (SSSR count). The Morgan fingerprint density at radius 2 is 2.28 bits per heavy atom. The summed E-state index contributed by atoms with van der Waals surface area (Å²) in [5, 5.41) is 14.0. The van der Waals surface area contributed by atoms with Crippen LogP contribution in [0, 0.1) is 6.92 Å². The molecule has 2 aromatic heterocycles. The lowest BCUT2D eigenvalue weighted by atomic mass is 10.2. The van der Waals surface area contributed by atoms with Gasteiger partial charge in [0.05, 0.1) is 12.0 Å². The lowest BCUT2D eigenvalue weighted by Gasteiger charge is -2.00. The summed E-state index contributed by atoms with van der Waals surface area (Å²) in [6.07, 6.45) is 1.90. The molecular formula is C11H11N3O3S. The summed E-state index contributed by atoms with van der Waals surface area (Å²) < 4.78 is 1.24. The van der Waals surface area contributed by atoms with Crippen LogP contribution in [-0.2, 0) is 11.2 Å². The summed E-state index contributed by atoms with van der Waals surface area (Å²) in [6.45, 7) is 1.66. The van der Waals surface area contributed by atoms with Gasteiger partial charge in [-0.1, -0.05) is 11.3 Å². The normalized spacial score (nSPS) is 15.2. The van der Waals surface area contributed by atoms with Crippen molar-refractivity contribution in [3.05, 3.63) is 26.6 Å². The first-order valence-electron chi connectivity index (χ1n) is 5.67. The van der Waals surface area contributed by atoms with Gasteiger partial charge in [0.1, 0.15) is 5.01 Å². The van der Waals surface area contributed by atoms with E-state index in [9.17, 15) is 9.59 Å². The third-order valence-corrected chi connectivity index (χ3v) is 4.05. The number of fused-ring (bicyclic) bond motifs is 1. The average molecular weight is 265 g/mol. The van der Waals surface area contributed by atoms with Gasteiger partial charge >= 0.3 is 5.97 Å². The molecule has 1 aliphatic carbocycles. The van der Waals surface area contributed by atoms with E-state index in [1.165, 1.54) is 15.9 Å². The van der Waals surface area contributed by atoms with Crippen molar-refractivity contribution >= 4 is 22.3 Å². The van der Waals surface area contributed by atoms with Crippen LogP contribution >= 0.6 is 11.3 Å². The van der Waals surface area contributed by atoms with Gasteiger partial charge in [-0.15, -0.1) is 0 Å². The number of nitrogens with zero attached hydrogens (tertiary/aromatic N) is 3. The minimum atomic E-state index is -1.03. The fourth-order valence-corrected chi connectivity index (χ4v) is 2.95. The molecule has 0 unspecified atom stereocenters. The number of hydrogen-bond donors (Lipinski definition) is 1. The summed E-state index contributed by atoms with van der Waals surface area (Å²) in [7, 11) is 0. The molecule has 0 aliphatic heterocycles. The number of aliphatic carboxylic acids is 1. The number of carbonyl (C=O) groups is 1. The first-order chi connectivity index (χ1) is 8.56. The van der Waals surface area contributed by atoms with E-state index >= 15 is 0 Å². The van der Waals surface area contributed by atoms with Crippen LogP contribution in [0.5, 0.6) is 0 Å². The van der Waals surface area contributed by atoms with Crippen molar-refractivity contribution in [3.8, 4) is 0 Å². The monoisotopic (exact) mass is 265 g/mol. The summed E-state index contributed by atoms with van der Waals surface area (Å²) in [5.41, 5.74) is 0.337. The summed E-state index contributed by atoms with van der Waals surface area (Å²) in [4.78, 5) is 27.7. The van der Waals surface area contributed by atoms with Crippen LogP contribution < -0.4 is 5.56 Å². The number of carboxylic acid groups (broad SMARTS) is 1. The molecule has 2 aromatic rings. The van der Waals surface area contributed by atoms with Crippen LogP contribution in [0.1, 0.15) is 35.0 Å². The Kier molecular flexibility index (Phi) is 2.44. The van der Waals surface area contributed by atoms with Crippen molar-refractivity contribution in [3.63, 3.8) is 0 Å². The third-order valence-electron chi connectivity index (χ3n) is 2.98. The Labute approximate surface area is 106 Å². The number of hydrogen-bond acceptors (Lipinski definition) is 5. The standard InChI is InChI=1S/C11H11N3O3S/c1-5-7(4-8(15)16)10(17)14-11(12-5)18-9(13-14)6-2-3-6/h6H,2-4H2,1H3,(H,15,16). The third kappa shape index (κ3) is 1.80. The zero-order valence-electron chi connectivity index (χ0n) is 9.71. The van der Waals surface area contributed by atoms with Gasteiger partial charge in [0, 0.05) is 11.6 Å². The molecule has 6 nitrogen and oxygen atoms in total. The van der Waals surface area contributed by atoms with E-state index in [1.54, 1.807) is 6.92 Å². The maximum absolute atomic E-state index is 12.1. The topological polar surface area (TPSA) is 84.6 Å². The molecule has 0 atom stereocenters. The van der Waals surface area contributed by atoms with Crippen molar-refractivity contribution in [2.75, 3.05) is 0 Å². The zero-order valence-corrected chi connectivity index (χ0v) is 10.5. The van der Waals surface area contributed by atoms with Crippen LogP contribution in [0.4, 0.5) is 0 Å². The highest BCUT2D eigenvalue weighted by Crippen LogP contribution is 2.41. The smallest absolute Gasteiger partial charge is 0.308 e. The van der Waals surface area contributed by atoms with Crippen molar-refractivity contribution in [2.24, 2.45) is 0 Å². The van der Waals surface area contributed by atoms with Gasteiger partial charge in [-0.25, -0.2) is 4.98 Å². The highest BCUT2D eigenvalue weighted by atomic mass is 32.1. The number of aryl methyl sites for hydroxylation is 1. The second-order valence-corrected chi connectivity index (χ2v) is 5.45. The van der Waals surface area contributed by atoms with Crippen LogP contribution in [0.2, 0.25) is 0 Å².